The van der Waals surface area contributed by atoms with Gasteiger partial charge in [-0.1, -0.05) is 26.7 Å². The summed E-state index contributed by atoms with van der Waals surface area (Å²) < 4.78 is 11.4. The van der Waals surface area contributed by atoms with Crippen LogP contribution < -0.4 is 9.47 Å². The summed E-state index contributed by atoms with van der Waals surface area (Å²) in [5.74, 6) is 1.47. The van der Waals surface area contributed by atoms with Gasteiger partial charge in [-0.3, -0.25) is 4.79 Å². The van der Waals surface area contributed by atoms with Gasteiger partial charge < -0.3 is 9.47 Å². The molecule has 0 N–H and O–H groups in total. The second kappa shape index (κ2) is 6.39. The van der Waals surface area contributed by atoms with Gasteiger partial charge in [0.25, 0.3) is 0 Å². The highest BCUT2D eigenvalue weighted by molar-refractivity contribution is 9.10. The zero-order chi connectivity index (χ0) is 15.6. The molecular formula is C17H23BrO3. The molecular weight excluding hydrogens is 332 g/mol. The molecule has 0 aliphatic heterocycles. The molecule has 0 amide bonds. The lowest BCUT2D eigenvalue weighted by Gasteiger charge is -2.37. The van der Waals surface area contributed by atoms with E-state index in [1.165, 1.54) is 6.42 Å². The number of rotatable bonds is 4. The lowest BCUT2D eigenvalue weighted by molar-refractivity contribution is 0.0693. The van der Waals surface area contributed by atoms with Crippen molar-refractivity contribution in [3.63, 3.8) is 0 Å². The van der Waals surface area contributed by atoms with Gasteiger partial charge in [0.15, 0.2) is 5.78 Å². The van der Waals surface area contributed by atoms with Gasteiger partial charge in [0, 0.05) is 16.5 Å². The summed E-state index contributed by atoms with van der Waals surface area (Å²) >= 11 is 3.50. The molecule has 1 aromatic rings. The monoisotopic (exact) mass is 354 g/mol. The van der Waals surface area contributed by atoms with Gasteiger partial charge in [0.2, 0.25) is 0 Å². The minimum Gasteiger partial charge on any atom is -0.497 e. The van der Waals surface area contributed by atoms with Gasteiger partial charge in [-0.25, -0.2) is 0 Å². The van der Waals surface area contributed by atoms with E-state index in [4.69, 9.17) is 9.47 Å². The minimum atomic E-state index is 0.0414. The van der Waals surface area contributed by atoms with E-state index >= 15 is 0 Å². The molecule has 0 bridgehead atoms. The SMILES string of the molecule is COc1cc(Br)c(C(=O)C2CCCCC2(C)C)c(OC)c1. The zero-order valence-electron chi connectivity index (χ0n) is 13.2. The van der Waals surface area contributed by atoms with E-state index in [9.17, 15) is 4.79 Å². The second-order valence-electron chi connectivity index (χ2n) is 6.34. The van der Waals surface area contributed by atoms with Crippen molar-refractivity contribution in [3.8, 4) is 11.5 Å². The maximum Gasteiger partial charge on any atom is 0.171 e. The Labute approximate surface area is 135 Å². The van der Waals surface area contributed by atoms with Gasteiger partial charge in [0.1, 0.15) is 11.5 Å². The predicted octanol–water partition coefficient (Wildman–Crippen LogP) is 4.87. The summed E-state index contributed by atoms with van der Waals surface area (Å²) in [5.41, 5.74) is 0.679. The third kappa shape index (κ3) is 3.25. The van der Waals surface area contributed by atoms with Crippen LogP contribution in [0.4, 0.5) is 0 Å². The molecule has 0 spiro atoms. The molecule has 1 aromatic carbocycles. The van der Waals surface area contributed by atoms with Crippen molar-refractivity contribution in [1.82, 2.24) is 0 Å². The fourth-order valence-corrected chi connectivity index (χ4v) is 3.85. The first-order chi connectivity index (χ1) is 9.90. The lowest BCUT2D eigenvalue weighted by atomic mass is 9.66. The predicted molar refractivity (Wildman–Crippen MR) is 87.3 cm³/mol. The number of ether oxygens (including phenoxy) is 2. The summed E-state index contributed by atoms with van der Waals surface area (Å²) in [7, 11) is 3.19. The van der Waals surface area contributed by atoms with Crippen molar-refractivity contribution >= 4 is 21.7 Å². The van der Waals surface area contributed by atoms with Gasteiger partial charge in [-0.05, 0) is 40.3 Å². The van der Waals surface area contributed by atoms with Crippen molar-refractivity contribution in [2.24, 2.45) is 11.3 Å². The van der Waals surface area contributed by atoms with Gasteiger partial charge in [-0.15, -0.1) is 0 Å². The maximum absolute atomic E-state index is 13.1. The highest BCUT2D eigenvalue weighted by Crippen LogP contribution is 2.44. The highest BCUT2D eigenvalue weighted by Gasteiger charge is 2.39. The third-order valence-corrected chi connectivity index (χ3v) is 5.18. The molecule has 0 aromatic heterocycles. The van der Waals surface area contributed by atoms with Crippen LogP contribution in [0.3, 0.4) is 0 Å². The van der Waals surface area contributed by atoms with Crippen molar-refractivity contribution < 1.29 is 14.3 Å². The molecule has 0 heterocycles. The van der Waals surface area contributed by atoms with Gasteiger partial charge in [-0.2, -0.15) is 0 Å². The van der Waals surface area contributed by atoms with E-state index in [1.54, 1.807) is 20.3 Å². The summed E-state index contributed by atoms with van der Waals surface area (Å²) in [5, 5.41) is 0. The molecule has 1 atom stereocenters. The molecule has 2 rings (SSSR count). The van der Waals surface area contributed by atoms with Gasteiger partial charge >= 0.3 is 0 Å². The van der Waals surface area contributed by atoms with Crippen LogP contribution in [-0.4, -0.2) is 20.0 Å². The number of carbonyl (C=O) groups excluding carboxylic acids is 1. The number of ketones is 1. The quantitative estimate of drug-likeness (QED) is 0.723. The van der Waals surface area contributed by atoms with Crippen LogP contribution in [0.5, 0.6) is 11.5 Å². The Morgan fingerprint density at radius 1 is 1.24 bits per heavy atom. The first-order valence-corrected chi connectivity index (χ1v) is 8.15. The Kier molecular flexibility index (Phi) is 4.97. The normalized spacial score (nSPS) is 20.9. The third-order valence-electron chi connectivity index (χ3n) is 4.55. The summed E-state index contributed by atoms with van der Waals surface area (Å²) in [6.07, 6.45) is 4.38. The molecule has 21 heavy (non-hydrogen) atoms. The van der Waals surface area contributed by atoms with E-state index in [0.29, 0.717) is 17.1 Å². The van der Waals surface area contributed by atoms with Crippen LogP contribution in [0, 0.1) is 11.3 Å². The molecule has 116 valence electrons. The van der Waals surface area contributed by atoms with E-state index in [1.807, 2.05) is 6.07 Å². The topological polar surface area (TPSA) is 35.5 Å². The Balaban J connectivity index is 2.43. The van der Waals surface area contributed by atoms with Crippen LogP contribution in [0.2, 0.25) is 0 Å². The van der Waals surface area contributed by atoms with Crippen molar-refractivity contribution in [3.05, 3.63) is 22.2 Å². The van der Waals surface area contributed by atoms with Crippen LogP contribution >= 0.6 is 15.9 Å². The molecule has 0 saturated heterocycles. The van der Waals surface area contributed by atoms with Crippen molar-refractivity contribution in [2.75, 3.05) is 14.2 Å². The molecule has 1 saturated carbocycles. The smallest absolute Gasteiger partial charge is 0.171 e. The van der Waals surface area contributed by atoms with E-state index in [-0.39, 0.29) is 17.1 Å². The summed E-state index contributed by atoms with van der Waals surface area (Å²) in [6, 6.07) is 3.60. The first kappa shape index (κ1) is 16.3. The fraction of sp³-hybridized carbons (Fsp3) is 0.588. The number of halogens is 1. The number of carbonyl (C=O) groups is 1. The van der Waals surface area contributed by atoms with Crippen molar-refractivity contribution in [1.29, 1.82) is 0 Å². The molecule has 1 fully saturated rings. The standard InChI is InChI=1S/C17H23BrO3/c1-17(2)8-6-5-7-12(17)16(19)15-13(18)9-11(20-3)10-14(15)21-4/h9-10,12H,5-8H2,1-4H3. The molecule has 0 radical (unpaired) electrons. The van der Waals surface area contributed by atoms with Crippen molar-refractivity contribution in [2.45, 2.75) is 39.5 Å². The van der Waals surface area contributed by atoms with E-state index in [0.717, 1.165) is 23.7 Å². The second-order valence-corrected chi connectivity index (χ2v) is 7.19. The molecule has 3 nitrogen and oxygen atoms in total. The zero-order valence-corrected chi connectivity index (χ0v) is 14.7. The minimum absolute atomic E-state index is 0.0414. The van der Waals surface area contributed by atoms with Crippen LogP contribution in [0.15, 0.2) is 16.6 Å². The average Bonchev–Trinajstić information content (AvgIpc) is 2.45. The number of Topliss-reactive ketones (excluding diaryl/α,β-unsaturated/α-hetero) is 1. The number of methoxy groups -OCH3 is 2. The number of hydrogen-bond acceptors (Lipinski definition) is 3. The largest absolute Gasteiger partial charge is 0.497 e. The highest BCUT2D eigenvalue weighted by atomic mass is 79.9. The number of hydrogen-bond donors (Lipinski definition) is 0. The van der Waals surface area contributed by atoms with E-state index in [2.05, 4.69) is 29.8 Å². The first-order valence-electron chi connectivity index (χ1n) is 7.36. The summed E-state index contributed by atoms with van der Waals surface area (Å²) in [4.78, 5) is 13.1. The Morgan fingerprint density at radius 2 is 1.95 bits per heavy atom. The molecule has 1 aliphatic rings. The molecule has 4 heteroatoms. The Hall–Kier alpha value is -1.03. The Morgan fingerprint density at radius 3 is 2.52 bits per heavy atom. The molecule has 1 aliphatic carbocycles. The molecule has 1 unspecified atom stereocenters. The Bertz CT molecular complexity index is 537. The van der Waals surface area contributed by atoms with E-state index < -0.39 is 0 Å². The fourth-order valence-electron chi connectivity index (χ4n) is 3.23. The average molecular weight is 355 g/mol. The van der Waals surface area contributed by atoms with Crippen LogP contribution in [0.1, 0.15) is 49.9 Å². The lowest BCUT2D eigenvalue weighted by Crippen LogP contribution is -2.34. The van der Waals surface area contributed by atoms with Gasteiger partial charge in [0.05, 0.1) is 19.8 Å². The maximum atomic E-state index is 13.1. The number of benzene rings is 1. The van der Waals surface area contributed by atoms with Crippen LogP contribution in [-0.2, 0) is 0 Å². The summed E-state index contributed by atoms with van der Waals surface area (Å²) in [6.45, 7) is 4.39. The van der Waals surface area contributed by atoms with Crippen LogP contribution in [0.25, 0.3) is 0 Å².